The number of nitrogens with zero attached hydrogens (tertiary/aromatic N) is 1. The van der Waals surface area contributed by atoms with Gasteiger partial charge in [0, 0.05) is 11.3 Å². The summed E-state index contributed by atoms with van der Waals surface area (Å²) in [6.45, 7) is 1.75. The minimum atomic E-state index is -4.36. The summed E-state index contributed by atoms with van der Waals surface area (Å²) in [5, 5.41) is 0. The highest BCUT2D eigenvalue weighted by Gasteiger charge is 2.33. The number of alkyl halides is 3. The van der Waals surface area contributed by atoms with Gasteiger partial charge < -0.3 is 0 Å². The number of rotatable bonds is 1. The van der Waals surface area contributed by atoms with E-state index in [1.807, 2.05) is 0 Å². The van der Waals surface area contributed by atoms with E-state index < -0.39 is 11.7 Å². The minimum Gasteiger partial charge on any atom is -0.253 e. The molecule has 1 nitrogen and oxygen atoms in total. The maximum atomic E-state index is 12.8. The second kappa shape index (κ2) is 4.20. The Morgan fingerprint density at radius 2 is 1.65 bits per heavy atom. The summed E-state index contributed by atoms with van der Waals surface area (Å²) in [4.78, 5) is 4.12. The largest absolute Gasteiger partial charge is 0.417 e. The first kappa shape index (κ1) is 11.6. The third-order valence-electron chi connectivity index (χ3n) is 2.40. The van der Waals surface area contributed by atoms with Crippen LogP contribution in [0.2, 0.25) is 0 Å². The zero-order valence-corrected chi connectivity index (χ0v) is 9.12. The first-order valence-electron chi connectivity index (χ1n) is 5.09. The van der Waals surface area contributed by atoms with Gasteiger partial charge >= 0.3 is 6.18 Å². The van der Waals surface area contributed by atoms with Crippen molar-refractivity contribution in [3.8, 4) is 11.3 Å². The molecule has 0 amide bonds. The predicted octanol–water partition coefficient (Wildman–Crippen LogP) is 4.08. The van der Waals surface area contributed by atoms with Gasteiger partial charge in [-0.05, 0) is 25.1 Å². The smallest absolute Gasteiger partial charge is 0.253 e. The van der Waals surface area contributed by atoms with Crippen molar-refractivity contribution in [1.82, 2.24) is 4.98 Å². The van der Waals surface area contributed by atoms with Crippen LogP contribution in [-0.4, -0.2) is 4.98 Å². The van der Waals surface area contributed by atoms with Gasteiger partial charge in [-0.2, -0.15) is 13.2 Å². The van der Waals surface area contributed by atoms with Gasteiger partial charge in [0.15, 0.2) is 0 Å². The monoisotopic (exact) mass is 237 g/mol. The van der Waals surface area contributed by atoms with Gasteiger partial charge in [-0.25, -0.2) is 0 Å². The molecule has 0 aliphatic carbocycles. The average Bonchev–Trinajstić information content (AvgIpc) is 2.28. The first-order valence-corrected chi connectivity index (χ1v) is 5.09. The van der Waals surface area contributed by atoms with E-state index in [-0.39, 0.29) is 5.56 Å². The summed E-state index contributed by atoms with van der Waals surface area (Å²) in [7, 11) is 0. The topological polar surface area (TPSA) is 12.9 Å². The standard InChI is InChI=1S/C13H10F3N/c1-9-5-4-8-12(17-9)10-6-2-3-7-11(10)13(14,15)16/h2-8H,1H3. The van der Waals surface area contributed by atoms with Crippen LogP contribution >= 0.6 is 0 Å². The number of aryl methyl sites for hydroxylation is 1. The Hall–Kier alpha value is -1.84. The van der Waals surface area contributed by atoms with Crippen LogP contribution in [0.3, 0.4) is 0 Å². The van der Waals surface area contributed by atoms with Gasteiger partial charge in [-0.15, -0.1) is 0 Å². The van der Waals surface area contributed by atoms with Gasteiger partial charge in [0.05, 0.1) is 11.3 Å². The van der Waals surface area contributed by atoms with Crippen LogP contribution in [0.4, 0.5) is 13.2 Å². The summed E-state index contributed by atoms with van der Waals surface area (Å²) < 4.78 is 38.4. The molecule has 1 aromatic carbocycles. The number of benzene rings is 1. The van der Waals surface area contributed by atoms with E-state index in [1.165, 1.54) is 12.1 Å². The van der Waals surface area contributed by atoms with E-state index in [4.69, 9.17) is 0 Å². The summed E-state index contributed by atoms with van der Waals surface area (Å²) in [5.41, 5.74) is 0.499. The molecule has 2 rings (SSSR count). The Morgan fingerprint density at radius 1 is 0.941 bits per heavy atom. The molecule has 0 aliphatic heterocycles. The Kier molecular flexibility index (Phi) is 2.88. The molecule has 1 heterocycles. The van der Waals surface area contributed by atoms with E-state index >= 15 is 0 Å². The van der Waals surface area contributed by atoms with Gasteiger partial charge in [0.2, 0.25) is 0 Å². The molecule has 4 heteroatoms. The lowest BCUT2D eigenvalue weighted by Gasteiger charge is -2.12. The second-order valence-corrected chi connectivity index (χ2v) is 3.71. The maximum absolute atomic E-state index is 12.8. The van der Waals surface area contributed by atoms with E-state index in [0.717, 1.165) is 6.07 Å². The van der Waals surface area contributed by atoms with Gasteiger partial charge in [-0.1, -0.05) is 24.3 Å². The first-order chi connectivity index (χ1) is 7.98. The van der Waals surface area contributed by atoms with E-state index in [0.29, 0.717) is 11.4 Å². The van der Waals surface area contributed by atoms with Crippen LogP contribution < -0.4 is 0 Å². The average molecular weight is 237 g/mol. The molecule has 0 saturated heterocycles. The van der Waals surface area contributed by atoms with Crippen molar-refractivity contribution < 1.29 is 13.2 Å². The van der Waals surface area contributed by atoms with Crippen LogP contribution in [-0.2, 0) is 6.18 Å². The number of hydrogen-bond acceptors (Lipinski definition) is 1. The predicted molar refractivity (Wildman–Crippen MR) is 59.4 cm³/mol. The van der Waals surface area contributed by atoms with E-state index in [2.05, 4.69) is 4.98 Å². The van der Waals surface area contributed by atoms with Gasteiger partial charge in [-0.3, -0.25) is 4.98 Å². The summed E-state index contributed by atoms with van der Waals surface area (Å²) in [5.74, 6) is 0. The molecule has 0 aliphatic rings. The number of halogens is 3. The summed E-state index contributed by atoms with van der Waals surface area (Å²) >= 11 is 0. The molecule has 0 unspecified atom stereocenters. The molecule has 17 heavy (non-hydrogen) atoms. The van der Waals surface area contributed by atoms with E-state index in [9.17, 15) is 13.2 Å². The van der Waals surface area contributed by atoms with Crippen molar-refractivity contribution in [3.05, 3.63) is 53.7 Å². The highest BCUT2D eigenvalue weighted by Crippen LogP contribution is 2.36. The fraction of sp³-hybridized carbons (Fsp3) is 0.154. The lowest BCUT2D eigenvalue weighted by Crippen LogP contribution is -2.07. The molecule has 88 valence electrons. The molecular formula is C13H10F3N. The van der Waals surface area contributed by atoms with Crippen LogP contribution in [0.15, 0.2) is 42.5 Å². The molecule has 0 bridgehead atoms. The molecule has 0 N–H and O–H groups in total. The van der Waals surface area contributed by atoms with Crippen LogP contribution in [0, 0.1) is 6.92 Å². The number of pyridine rings is 1. The zero-order valence-electron chi connectivity index (χ0n) is 9.12. The Morgan fingerprint density at radius 3 is 2.29 bits per heavy atom. The highest BCUT2D eigenvalue weighted by molar-refractivity contribution is 5.64. The van der Waals surface area contributed by atoms with Crippen LogP contribution in [0.1, 0.15) is 11.3 Å². The Bertz CT molecular complexity index is 532. The van der Waals surface area contributed by atoms with Gasteiger partial charge in [0.25, 0.3) is 0 Å². The fourth-order valence-corrected chi connectivity index (χ4v) is 1.65. The number of hydrogen-bond donors (Lipinski definition) is 0. The lowest BCUT2D eigenvalue weighted by atomic mass is 10.0. The Balaban J connectivity index is 2.60. The van der Waals surface area contributed by atoms with E-state index in [1.54, 1.807) is 31.2 Å². The zero-order chi connectivity index (χ0) is 12.5. The van der Waals surface area contributed by atoms with Crippen molar-refractivity contribution in [1.29, 1.82) is 0 Å². The summed E-state index contributed by atoms with van der Waals surface area (Å²) in [6, 6.07) is 10.5. The van der Waals surface area contributed by atoms with Gasteiger partial charge in [0.1, 0.15) is 0 Å². The summed E-state index contributed by atoms with van der Waals surface area (Å²) in [6.07, 6.45) is -4.36. The van der Waals surface area contributed by atoms with Crippen molar-refractivity contribution in [3.63, 3.8) is 0 Å². The normalized spacial score (nSPS) is 11.5. The SMILES string of the molecule is Cc1cccc(-c2ccccc2C(F)(F)F)n1. The quantitative estimate of drug-likeness (QED) is 0.728. The van der Waals surface area contributed by atoms with Crippen molar-refractivity contribution in [2.45, 2.75) is 13.1 Å². The van der Waals surface area contributed by atoms with Crippen LogP contribution in [0.25, 0.3) is 11.3 Å². The second-order valence-electron chi connectivity index (χ2n) is 3.71. The van der Waals surface area contributed by atoms with Crippen molar-refractivity contribution in [2.75, 3.05) is 0 Å². The third-order valence-corrected chi connectivity index (χ3v) is 2.40. The number of aromatic nitrogens is 1. The van der Waals surface area contributed by atoms with Crippen molar-refractivity contribution >= 4 is 0 Å². The molecule has 0 atom stereocenters. The lowest BCUT2D eigenvalue weighted by molar-refractivity contribution is -0.137. The molecule has 0 saturated carbocycles. The van der Waals surface area contributed by atoms with Crippen LogP contribution in [0.5, 0.6) is 0 Å². The highest BCUT2D eigenvalue weighted by atomic mass is 19.4. The molecule has 0 spiro atoms. The third kappa shape index (κ3) is 2.46. The molecule has 2 aromatic rings. The minimum absolute atomic E-state index is 0.115. The molecule has 1 aromatic heterocycles. The molecular weight excluding hydrogens is 227 g/mol. The molecule has 0 radical (unpaired) electrons. The van der Waals surface area contributed by atoms with Crippen molar-refractivity contribution in [2.24, 2.45) is 0 Å². The fourth-order valence-electron chi connectivity index (χ4n) is 1.65. The molecule has 0 fully saturated rings. The Labute approximate surface area is 96.9 Å². The maximum Gasteiger partial charge on any atom is 0.417 e.